The molecule has 0 unspecified atom stereocenters. The molecule has 2 rings (SSSR count). The smallest absolute Gasteiger partial charge is 0.377 e. The summed E-state index contributed by atoms with van der Waals surface area (Å²) in [6.45, 7) is 0. The molecule has 0 saturated heterocycles. The number of hydrogen-bond acceptors (Lipinski definition) is 3. The number of thioether (sulfide) groups is 1. The highest BCUT2D eigenvalue weighted by atomic mass is 32.2. The van der Waals surface area contributed by atoms with Gasteiger partial charge in [-0.2, -0.15) is 0 Å². The van der Waals surface area contributed by atoms with Crippen LogP contribution in [-0.2, 0) is 4.79 Å². The molecule has 0 amide bonds. The Labute approximate surface area is 104 Å². The predicted molar refractivity (Wildman–Crippen MR) is 66.5 cm³/mol. The van der Waals surface area contributed by atoms with E-state index in [0.29, 0.717) is 5.25 Å². The molecule has 1 aliphatic carbocycles. The number of carbonyl (C=O) groups is 2. The van der Waals surface area contributed by atoms with E-state index in [1.165, 1.54) is 25.7 Å². The van der Waals surface area contributed by atoms with Crippen molar-refractivity contribution in [3.63, 3.8) is 0 Å². The standard InChI is InChI=1S/C13H14O3S/c14-12(13(15)16)9-5-7-11(8-6-9)17-10-3-1-2-4-10/h5-8,10H,1-4H2,(H,15,16). The SMILES string of the molecule is O=C(O)C(=O)c1ccc(SC2CCCC2)cc1. The fourth-order valence-corrected chi connectivity index (χ4v) is 3.25. The molecule has 0 radical (unpaired) electrons. The Morgan fingerprint density at radius 3 is 2.24 bits per heavy atom. The summed E-state index contributed by atoms with van der Waals surface area (Å²) >= 11 is 1.82. The molecule has 1 aromatic rings. The van der Waals surface area contributed by atoms with Gasteiger partial charge in [0.1, 0.15) is 0 Å². The lowest BCUT2D eigenvalue weighted by Gasteiger charge is -2.08. The van der Waals surface area contributed by atoms with Gasteiger partial charge in [-0.25, -0.2) is 4.79 Å². The molecule has 1 aliphatic rings. The van der Waals surface area contributed by atoms with Gasteiger partial charge >= 0.3 is 5.97 Å². The van der Waals surface area contributed by atoms with E-state index in [-0.39, 0.29) is 5.56 Å². The zero-order chi connectivity index (χ0) is 12.3. The first kappa shape index (κ1) is 12.2. The van der Waals surface area contributed by atoms with Crippen LogP contribution in [0.25, 0.3) is 0 Å². The van der Waals surface area contributed by atoms with Crippen LogP contribution in [0, 0.1) is 0 Å². The first-order valence-corrected chi connectivity index (χ1v) is 6.59. The number of ketones is 1. The summed E-state index contributed by atoms with van der Waals surface area (Å²) in [6, 6.07) is 6.85. The maximum absolute atomic E-state index is 11.2. The van der Waals surface area contributed by atoms with Gasteiger partial charge in [-0.05, 0) is 37.1 Å². The molecule has 0 aliphatic heterocycles. The lowest BCUT2D eigenvalue weighted by atomic mass is 10.1. The van der Waals surface area contributed by atoms with Crippen LogP contribution in [0.3, 0.4) is 0 Å². The third-order valence-electron chi connectivity index (χ3n) is 2.92. The quantitative estimate of drug-likeness (QED) is 0.659. The molecule has 90 valence electrons. The summed E-state index contributed by atoms with van der Waals surface area (Å²) in [4.78, 5) is 22.8. The average Bonchev–Trinajstić information content (AvgIpc) is 2.82. The highest BCUT2D eigenvalue weighted by molar-refractivity contribution is 8.00. The maximum Gasteiger partial charge on any atom is 0.377 e. The van der Waals surface area contributed by atoms with E-state index >= 15 is 0 Å². The van der Waals surface area contributed by atoms with Crippen molar-refractivity contribution < 1.29 is 14.7 Å². The van der Waals surface area contributed by atoms with Crippen molar-refractivity contribution in [1.29, 1.82) is 0 Å². The molecule has 1 aromatic carbocycles. The van der Waals surface area contributed by atoms with E-state index in [0.717, 1.165) is 4.90 Å². The van der Waals surface area contributed by atoms with Gasteiger partial charge in [-0.1, -0.05) is 12.8 Å². The zero-order valence-electron chi connectivity index (χ0n) is 9.39. The maximum atomic E-state index is 11.2. The molecular weight excluding hydrogens is 236 g/mol. The number of carbonyl (C=O) groups excluding carboxylic acids is 1. The largest absolute Gasteiger partial charge is 0.475 e. The Morgan fingerprint density at radius 1 is 1.12 bits per heavy atom. The molecule has 1 N–H and O–H groups in total. The van der Waals surface area contributed by atoms with E-state index < -0.39 is 11.8 Å². The minimum Gasteiger partial charge on any atom is -0.475 e. The normalized spacial score (nSPS) is 16.0. The molecule has 0 aromatic heterocycles. The number of aliphatic carboxylic acids is 1. The van der Waals surface area contributed by atoms with Crippen molar-refractivity contribution in [3.8, 4) is 0 Å². The van der Waals surface area contributed by atoms with Gasteiger partial charge in [-0.3, -0.25) is 4.79 Å². The molecule has 0 spiro atoms. The van der Waals surface area contributed by atoms with E-state index in [9.17, 15) is 9.59 Å². The fourth-order valence-electron chi connectivity index (χ4n) is 2.01. The van der Waals surface area contributed by atoms with E-state index in [4.69, 9.17) is 5.11 Å². The number of carboxylic acid groups (broad SMARTS) is 1. The number of rotatable bonds is 4. The highest BCUT2D eigenvalue weighted by Crippen LogP contribution is 2.34. The zero-order valence-corrected chi connectivity index (χ0v) is 10.2. The van der Waals surface area contributed by atoms with Crippen LogP contribution < -0.4 is 0 Å². The Hall–Kier alpha value is -1.29. The molecule has 1 saturated carbocycles. The van der Waals surface area contributed by atoms with Crippen LogP contribution >= 0.6 is 11.8 Å². The third-order valence-corrected chi connectivity index (χ3v) is 4.26. The van der Waals surface area contributed by atoms with Gasteiger partial charge in [-0.15, -0.1) is 11.8 Å². The molecule has 0 heterocycles. The van der Waals surface area contributed by atoms with Crippen molar-refractivity contribution in [1.82, 2.24) is 0 Å². The molecule has 0 atom stereocenters. The van der Waals surface area contributed by atoms with E-state index in [2.05, 4.69) is 0 Å². The van der Waals surface area contributed by atoms with Gasteiger partial charge in [0.25, 0.3) is 5.78 Å². The van der Waals surface area contributed by atoms with Gasteiger partial charge in [0.15, 0.2) is 0 Å². The van der Waals surface area contributed by atoms with Crippen LogP contribution in [0.4, 0.5) is 0 Å². The second-order valence-electron chi connectivity index (χ2n) is 4.18. The van der Waals surface area contributed by atoms with Crippen LogP contribution in [0.2, 0.25) is 0 Å². The first-order chi connectivity index (χ1) is 8.16. The van der Waals surface area contributed by atoms with Gasteiger partial charge in [0.2, 0.25) is 0 Å². The third kappa shape index (κ3) is 3.09. The topological polar surface area (TPSA) is 54.4 Å². The number of benzene rings is 1. The highest BCUT2D eigenvalue weighted by Gasteiger charge is 2.17. The van der Waals surface area contributed by atoms with E-state index in [1.54, 1.807) is 12.1 Å². The van der Waals surface area contributed by atoms with Crippen LogP contribution in [0.15, 0.2) is 29.2 Å². The molecular formula is C13H14O3S. The minimum atomic E-state index is -1.40. The first-order valence-electron chi connectivity index (χ1n) is 5.71. The summed E-state index contributed by atoms with van der Waals surface area (Å²) in [5, 5.41) is 9.26. The lowest BCUT2D eigenvalue weighted by molar-refractivity contribution is -0.131. The molecule has 0 bridgehead atoms. The number of carboxylic acids is 1. The van der Waals surface area contributed by atoms with Gasteiger partial charge in [0, 0.05) is 15.7 Å². The summed E-state index contributed by atoms with van der Waals surface area (Å²) in [5.74, 6) is -2.25. The van der Waals surface area contributed by atoms with Crippen LogP contribution in [-0.4, -0.2) is 22.1 Å². The lowest BCUT2D eigenvalue weighted by Crippen LogP contribution is -2.12. The summed E-state index contributed by atoms with van der Waals surface area (Å²) in [7, 11) is 0. The Kier molecular flexibility index (Phi) is 3.84. The van der Waals surface area contributed by atoms with Gasteiger partial charge in [0.05, 0.1) is 0 Å². The monoisotopic (exact) mass is 250 g/mol. The second kappa shape index (κ2) is 5.36. The molecule has 1 fully saturated rings. The minimum absolute atomic E-state index is 0.244. The van der Waals surface area contributed by atoms with Crippen molar-refractivity contribution in [2.75, 3.05) is 0 Å². The number of hydrogen-bond donors (Lipinski definition) is 1. The van der Waals surface area contributed by atoms with Crippen molar-refractivity contribution in [2.24, 2.45) is 0 Å². The molecule has 17 heavy (non-hydrogen) atoms. The Balaban J connectivity index is 2.02. The Morgan fingerprint density at radius 2 is 1.71 bits per heavy atom. The van der Waals surface area contributed by atoms with Crippen LogP contribution in [0.1, 0.15) is 36.0 Å². The van der Waals surface area contributed by atoms with Crippen molar-refractivity contribution >= 4 is 23.5 Å². The van der Waals surface area contributed by atoms with Crippen LogP contribution in [0.5, 0.6) is 0 Å². The van der Waals surface area contributed by atoms with Crippen molar-refractivity contribution in [2.45, 2.75) is 35.8 Å². The second-order valence-corrected chi connectivity index (χ2v) is 5.56. The van der Waals surface area contributed by atoms with Gasteiger partial charge < -0.3 is 5.11 Å². The number of Topliss-reactive ketones (excluding diaryl/α,β-unsaturated/α-hetero) is 1. The summed E-state index contributed by atoms with van der Waals surface area (Å²) in [5.41, 5.74) is 0.244. The molecule has 3 nitrogen and oxygen atoms in total. The fraction of sp³-hybridized carbons (Fsp3) is 0.385. The summed E-state index contributed by atoms with van der Waals surface area (Å²) < 4.78 is 0. The molecule has 4 heteroatoms. The Bertz CT molecular complexity index is 419. The van der Waals surface area contributed by atoms with Crippen molar-refractivity contribution in [3.05, 3.63) is 29.8 Å². The predicted octanol–water partition coefficient (Wildman–Crippen LogP) is 2.99. The summed E-state index contributed by atoms with van der Waals surface area (Å²) in [6.07, 6.45) is 5.10. The average molecular weight is 250 g/mol. The van der Waals surface area contributed by atoms with E-state index in [1.807, 2.05) is 23.9 Å².